The van der Waals surface area contributed by atoms with Crippen molar-refractivity contribution in [3.05, 3.63) is 24.0 Å². The zero-order valence-corrected chi connectivity index (χ0v) is 9.42. The van der Waals surface area contributed by atoms with E-state index >= 15 is 0 Å². The molecule has 1 fully saturated rings. The third-order valence-electron chi connectivity index (χ3n) is 2.70. The number of amides is 1. The van der Waals surface area contributed by atoms with Gasteiger partial charge in [-0.3, -0.25) is 4.79 Å². The summed E-state index contributed by atoms with van der Waals surface area (Å²) in [5.74, 6) is 0.499. The van der Waals surface area contributed by atoms with Crippen LogP contribution in [-0.4, -0.2) is 30.9 Å². The monoisotopic (exact) mass is 209 g/mol. The summed E-state index contributed by atoms with van der Waals surface area (Å²) in [7, 11) is 1.87. The maximum atomic E-state index is 11.2. The fourth-order valence-electron chi connectivity index (χ4n) is 1.89. The molecule has 15 heavy (non-hydrogen) atoms. The Labute approximate surface area is 90.8 Å². The van der Waals surface area contributed by atoms with Crippen LogP contribution in [0.3, 0.4) is 0 Å². The maximum absolute atomic E-state index is 11.2. The lowest BCUT2D eigenvalue weighted by Gasteiger charge is -2.16. The van der Waals surface area contributed by atoms with Crippen LogP contribution < -0.4 is 11.1 Å². The molecule has 0 aromatic carbocycles. The highest BCUT2D eigenvalue weighted by Gasteiger charge is 2.26. The summed E-state index contributed by atoms with van der Waals surface area (Å²) in [5.41, 5.74) is 7.14. The zero-order chi connectivity index (χ0) is 11.4. The van der Waals surface area contributed by atoms with E-state index in [0.29, 0.717) is 11.6 Å². The Kier molecular flexibility index (Phi) is 3.77. The molecular weight excluding hydrogens is 190 g/mol. The number of nitrogens with one attached hydrogen (secondary N) is 1. The number of hydrogen-bond acceptors (Lipinski definition) is 3. The van der Waals surface area contributed by atoms with Crippen molar-refractivity contribution < 1.29 is 4.79 Å². The first-order valence-electron chi connectivity index (χ1n) is 5.13. The second-order valence-corrected chi connectivity index (χ2v) is 3.88. The summed E-state index contributed by atoms with van der Waals surface area (Å²) in [4.78, 5) is 13.0. The fourth-order valence-corrected chi connectivity index (χ4v) is 1.89. The second kappa shape index (κ2) is 4.87. The highest BCUT2D eigenvalue weighted by atomic mass is 16.2. The van der Waals surface area contributed by atoms with Gasteiger partial charge in [-0.15, -0.1) is 0 Å². The molecule has 0 aliphatic carbocycles. The van der Waals surface area contributed by atoms with E-state index in [1.165, 1.54) is 0 Å². The molecule has 0 radical (unpaired) electrons. The molecule has 0 bridgehead atoms. The van der Waals surface area contributed by atoms with Crippen molar-refractivity contribution in [2.75, 3.05) is 20.1 Å². The highest BCUT2D eigenvalue weighted by molar-refractivity contribution is 5.73. The Morgan fingerprint density at radius 2 is 2.33 bits per heavy atom. The molecule has 1 aliphatic rings. The van der Waals surface area contributed by atoms with Gasteiger partial charge in [0.05, 0.1) is 0 Å². The molecule has 84 valence electrons. The number of likely N-dealkylation sites (tertiary alicyclic amines) is 1. The van der Waals surface area contributed by atoms with Gasteiger partial charge in [-0.25, -0.2) is 0 Å². The molecule has 1 aliphatic heterocycles. The van der Waals surface area contributed by atoms with Gasteiger partial charge in [-0.1, -0.05) is 6.58 Å². The van der Waals surface area contributed by atoms with E-state index in [1.807, 2.05) is 18.0 Å². The number of allylic oxidation sites excluding steroid dienone is 1. The molecule has 0 spiro atoms. The second-order valence-electron chi connectivity index (χ2n) is 3.88. The lowest BCUT2D eigenvalue weighted by atomic mass is 10.0. The smallest absolute Gasteiger partial charge is 0.219 e. The summed E-state index contributed by atoms with van der Waals surface area (Å²) >= 11 is 0. The molecule has 1 saturated heterocycles. The van der Waals surface area contributed by atoms with Gasteiger partial charge in [0.1, 0.15) is 0 Å². The first-order chi connectivity index (χ1) is 7.04. The predicted octanol–water partition coefficient (Wildman–Crippen LogP) is 0.430. The Bertz CT molecular complexity index is 296. The van der Waals surface area contributed by atoms with E-state index in [2.05, 4.69) is 11.9 Å². The lowest BCUT2D eigenvalue weighted by molar-refractivity contribution is -0.127. The zero-order valence-electron chi connectivity index (χ0n) is 9.42. The molecule has 3 N–H and O–H groups in total. The molecule has 1 rings (SSSR count). The molecule has 1 heterocycles. The van der Waals surface area contributed by atoms with Crippen molar-refractivity contribution in [3.8, 4) is 0 Å². The van der Waals surface area contributed by atoms with E-state index < -0.39 is 0 Å². The van der Waals surface area contributed by atoms with Crippen LogP contribution in [0, 0.1) is 5.92 Å². The van der Waals surface area contributed by atoms with Gasteiger partial charge in [-0.2, -0.15) is 0 Å². The molecule has 1 atom stereocenters. The van der Waals surface area contributed by atoms with E-state index in [4.69, 9.17) is 5.73 Å². The quantitative estimate of drug-likeness (QED) is 0.663. The van der Waals surface area contributed by atoms with Gasteiger partial charge >= 0.3 is 0 Å². The van der Waals surface area contributed by atoms with Crippen molar-refractivity contribution in [3.63, 3.8) is 0 Å². The molecule has 1 unspecified atom stereocenters. The van der Waals surface area contributed by atoms with Crippen LogP contribution in [0.2, 0.25) is 0 Å². The minimum absolute atomic E-state index is 0.138. The number of hydrogen-bond donors (Lipinski definition) is 2. The third kappa shape index (κ3) is 3.01. The SMILES string of the molecule is C=C(N)/C=C(\NC)C1CCN(C(C)=O)C1. The van der Waals surface area contributed by atoms with Gasteiger partial charge in [0.2, 0.25) is 5.91 Å². The van der Waals surface area contributed by atoms with Gasteiger partial charge in [0.15, 0.2) is 0 Å². The minimum Gasteiger partial charge on any atom is -0.399 e. The predicted molar refractivity (Wildman–Crippen MR) is 60.8 cm³/mol. The Morgan fingerprint density at radius 3 is 2.73 bits per heavy atom. The highest BCUT2D eigenvalue weighted by Crippen LogP contribution is 2.22. The van der Waals surface area contributed by atoms with Crippen LogP contribution in [0.25, 0.3) is 0 Å². The van der Waals surface area contributed by atoms with Gasteiger partial charge in [-0.05, 0) is 12.5 Å². The molecule has 4 heteroatoms. The van der Waals surface area contributed by atoms with Crippen LogP contribution in [0.1, 0.15) is 13.3 Å². The van der Waals surface area contributed by atoms with Crippen LogP contribution in [0.4, 0.5) is 0 Å². The average molecular weight is 209 g/mol. The van der Waals surface area contributed by atoms with E-state index in [1.54, 1.807) is 6.92 Å². The maximum Gasteiger partial charge on any atom is 0.219 e. The van der Waals surface area contributed by atoms with Crippen LogP contribution >= 0.6 is 0 Å². The fraction of sp³-hybridized carbons (Fsp3) is 0.545. The van der Waals surface area contributed by atoms with Gasteiger partial charge in [0.25, 0.3) is 0 Å². The number of rotatable bonds is 3. The third-order valence-corrected chi connectivity index (χ3v) is 2.70. The van der Waals surface area contributed by atoms with Crippen molar-refractivity contribution in [2.24, 2.45) is 11.7 Å². The standard InChI is InChI=1S/C11H19N3O/c1-8(12)6-11(13-3)10-4-5-14(7-10)9(2)15/h6,10,13H,1,4-5,7,12H2,2-3H3/b11-6-. The Hall–Kier alpha value is -1.45. The molecule has 0 aromatic heterocycles. The topological polar surface area (TPSA) is 58.4 Å². The largest absolute Gasteiger partial charge is 0.399 e. The van der Waals surface area contributed by atoms with E-state index in [-0.39, 0.29) is 5.91 Å². The van der Waals surface area contributed by atoms with Crippen LogP contribution in [0.5, 0.6) is 0 Å². The van der Waals surface area contributed by atoms with E-state index in [9.17, 15) is 4.79 Å². The van der Waals surface area contributed by atoms with Crippen molar-refractivity contribution in [2.45, 2.75) is 13.3 Å². The number of carbonyl (C=O) groups is 1. The van der Waals surface area contributed by atoms with Crippen molar-refractivity contribution in [1.29, 1.82) is 0 Å². The number of nitrogens with two attached hydrogens (primary N) is 1. The van der Waals surface area contributed by atoms with Crippen LogP contribution in [0.15, 0.2) is 24.0 Å². The number of nitrogens with zero attached hydrogens (tertiary/aromatic N) is 1. The first kappa shape index (κ1) is 11.6. The summed E-state index contributed by atoms with van der Waals surface area (Å²) in [6, 6.07) is 0. The summed E-state index contributed by atoms with van der Waals surface area (Å²) in [6.07, 6.45) is 2.83. The summed E-state index contributed by atoms with van der Waals surface area (Å²) in [6.45, 7) is 6.86. The summed E-state index contributed by atoms with van der Waals surface area (Å²) < 4.78 is 0. The number of carbonyl (C=O) groups excluding carboxylic acids is 1. The molecule has 4 nitrogen and oxygen atoms in total. The molecule has 1 amide bonds. The van der Waals surface area contributed by atoms with E-state index in [0.717, 1.165) is 25.2 Å². The van der Waals surface area contributed by atoms with Gasteiger partial charge in [0, 0.05) is 44.4 Å². The first-order valence-corrected chi connectivity index (χ1v) is 5.13. The normalized spacial score (nSPS) is 21.6. The molecular formula is C11H19N3O. The van der Waals surface area contributed by atoms with Crippen molar-refractivity contribution >= 4 is 5.91 Å². The Morgan fingerprint density at radius 1 is 1.67 bits per heavy atom. The van der Waals surface area contributed by atoms with Gasteiger partial charge < -0.3 is 16.0 Å². The summed E-state index contributed by atoms with van der Waals surface area (Å²) in [5, 5.41) is 3.12. The minimum atomic E-state index is 0.138. The van der Waals surface area contributed by atoms with Crippen molar-refractivity contribution in [1.82, 2.24) is 10.2 Å². The Balaban J connectivity index is 2.66. The average Bonchev–Trinajstić information content (AvgIpc) is 2.62. The lowest BCUT2D eigenvalue weighted by Crippen LogP contribution is -2.27. The molecule has 0 saturated carbocycles. The van der Waals surface area contributed by atoms with Crippen LogP contribution in [-0.2, 0) is 4.79 Å². The molecule has 0 aromatic rings.